The van der Waals surface area contributed by atoms with Gasteiger partial charge in [-0.3, -0.25) is 37.3 Å². The third kappa shape index (κ3) is 62.6. The van der Waals surface area contributed by atoms with Gasteiger partial charge in [0.25, 0.3) is 0 Å². The van der Waals surface area contributed by atoms with E-state index in [0.29, 0.717) is 31.6 Å². The van der Waals surface area contributed by atoms with E-state index in [4.69, 9.17) is 37.0 Å². The maximum Gasteiger partial charge on any atom is 0.472 e. The number of esters is 4. The number of unbranched alkanes of at least 4 members (excludes halogenated alkanes) is 32. The van der Waals surface area contributed by atoms with Crippen molar-refractivity contribution in [3.63, 3.8) is 0 Å². The molecule has 0 spiro atoms. The van der Waals surface area contributed by atoms with Crippen LogP contribution in [0.3, 0.4) is 0 Å². The highest BCUT2D eigenvalue weighted by Crippen LogP contribution is 2.45. The summed E-state index contributed by atoms with van der Waals surface area (Å²) in [6, 6.07) is 0. The normalized spacial score (nSPS) is 15.1. The fourth-order valence-electron chi connectivity index (χ4n) is 10.7. The van der Waals surface area contributed by atoms with Crippen molar-refractivity contribution in [2.24, 2.45) is 23.7 Å². The van der Waals surface area contributed by atoms with Crippen molar-refractivity contribution >= 4 is 39.5 Å². The van der Waals surface area contributed by atoms with Crippen molar-refractivity contribution < 1.29 is 80.2 Å². The van der Waals surface area contributed by atoms with Gasteiger partial charge < -0.3 is 33.8 Å². The summed E-state index contributed by atoms with van der Waals surface area (Å²) in [5, 5.41) is 10.6. The van der Waals surface area contributed by atoms with Gasteiger partial charge in [-0.1, -0.05) is 306 Å². The fourth-order valence-corrected chi connectivity index (χ4v) is 12.3. The van der Waals surface area contributed by atoms with Gasteiger partial charge >= 0.3 is 39.5 Å². The van der Waals surface area contributed by atoms with E-state index in [1.807, 2.05) is 0 Å². The Balaban J connectivity index is 5.22. The molecule has 0 amide bonds. The smallest absolute Gasteiger partial charge is 0.462 e. The van der Waals surface area contributed by atoms with Crippen LogP contribution in [-0.2, 0) is 65.4 Å². The number of aliphatic hydroxyl groups excluding tert-OH is 1. The topological polar surface area (TPSA) is 237 Å². The molecule has 0 radical (unpaired) electrons. The first kappa shape index (κ1) is 89.1. The van der Waals surface area contributed by atoms with Gasteiger partial charge in [-0.25, -0.2) is 9.13 Å². The Hall–Kier alpha value is -1.94. The van der Waals surface area contributed by atoms with Gasteiger partial charge in [0.05, 0.1) is 26.4 Å². The van der Waals surface area contributed by atoms with Crippen LogP contribution in [0, 0.1) is 23.7 Å². The average Bonchev–Trinajstić information content (AvgIpc) is 3.73. The van der Waals surface area contributed by atoms with Crippen LogP contribution in [0.25, 0.3) is 0 Å². The van der Waals surface area contributed by atoms with Gasteiger partial charge in [0.15, 0.2) is 12.2 Å². The van der Waals surface area contributed by atoms with Crippen molar-refractivity contribution in [1.82, 2.24) is 0 Å². The van der Waals surface area contributed by atoms with Crippen LogP contribution in [0.5, 0.6) is 0 Å². The van der Waals surface area contributed by atoms with Crippen LogP contribution in [0.1, 0.15) is 357 Å². The Morgan fingerprint density at radius 3 is 0.780 bits per heavy atom. The van der Waals surface area contributed by atoms with E-state index >= 15 is 0 Å². The maximum atomic E-state index is 13.0. The Kier molecular flexibility index (Phi) is 60.3. The summed E-state index contributed by atoms with van der Waals surface area (Å²) in [6.07, 6.45) is 44.5. The summed E-state index contributed by atoms with van der Waals surface area (Å²) >= 11 is 0. The molecule has 0 bridgehead atoms. The van der Waals surface area contributed by atoms with Gasteiger partial charge in [0.1, 0.15) is 19.3 Å². The summed E-state index contributed by atoms with van der Waals surface area (Å²) in [5.74, 6) is 0.929. The van der Waals surface area contributed by atoms with E-state index in [2.05, 4.69) is 55.4 Å². The Bertz CT molecular complexity index is 1800. The quantitative estimate of drug-likeness (QED) is 0.0222. The summed E-state index contributed by atoms with van der Waals surface area (Å²) in [4.78, 5) is 72.6. The molecule has 540 valence electrons. The zero-order valence-corrected chi connectivity index (χ0v) is 61.3. The number of carbonyl (C=O) groups excluding carboxylic acids is 4. The predicted molar refractivity (Wildman–Crippen MR) is 367 cm³/mol. The van der Waals surface area contributed by atoms with Crippen molar-refractivity contribution in [1.29, 1.82) is 0 Å². The molecule has 0 aliphatic rings. The van der Waals surface area contributed by atoms with Crippen LogP contribution in [0.2, 0.25) is 0 Å². The first-order chi connectivity index (χ1) is 43.7. The number of carbonyl (C=O) groups is 4. The van der Waals surface area contributed by atoms with Crippen LogP contribution < -0.4 is 0 Å². The third-order valence-corrected chi connectivity index (χ3v) is 19.6. The van der Waals surface area contributed by atoms with Crippen LogP contribution >= 0.6 is 15.6 Å². The Morgan fingerprint density at radius 1 is 0.308 bits per heavy atom. The zero-order chi connectivity index (χ0) is 67.5. The minimum atomic E-state index is -4.95. The minimum Gasteiger partial charge on any atom is -0.462 e. The SMILES string of the molecule is CCC(C)CCCCCCCCCCCCCCCCC(=O)O[C@H](COC(=O)CCCCCCCCC(C)CC)COP(=O)(O)OC[C@@H](O)COP(=O)(O)OC[C@@H](COC(=O)CCCCCCCCC(C)C)OC(=O)CCCCCCCCCCCCC(C)CC. The van der Waals surface area contributed by atoms with Gasteiger partial charge in [0.2, 0.25) is 0 Å². The van der Waals surface area contributed by atoms with E-state index in [-0.39, 0.29) is 25.7 Å². The van der Waals surface area contributed by atoms with E-state index in [9.17, 15) is 43.2 Å². The third-order valence-electron chi connectivity index (χ3n) is 17.7. The van der Waals surface area contributed by atoms with Gasteiger partial charge in [-0.2, -0.15) is 0 Å². The molecule has 17 nitrogen and oxygen atoms in total. The second-order valence-electron chi connectivity index (χ2n) is 27.2. The Morgan fingerprint density at radius 2 is 0.527 bits per heavy atom. The molecule has 91 heavy (non-hydrogen) atoms. The van der Waals surface area contributed by atoms with E-state index in [1.165, 1.54) is 148 Å². The molecule has 5 unspecified atom stereocenters. The number of phosphoric ester groups is 2. The lowest BCUT2D eigenvalue weighted by molar-refractivity contribution is -0.161. The standard InChI is InChI=1S/C72H140O17P2/c1-9-63(6)49-41-33-24-20-16-14-12-13-15-17-22-26-38-46-54-71(76)89-68(59-83-70(75)53-45-37-31-29-35-43-51-65(8)11-3)61-87-91(80,81)85-57-66(73)56-84-90(78,79)86-60-67(58-82-69(74)52-44-36-30-28-32-40-48-62(4)5)88-72(77)55-47-39-27-23-19-18-21-25-34-42-50-64(7)10-2/h62-68,73H,9-61H2,1-8H3,(H,78,79)(H,80,81)/t63?,64?,65?,66-,67+,68+/m0/s1. The van der Waals surface area contributed by atoms with E-state index in [1.54, 1.807) is 0 Å². The monoisotopic (exact) mass is 1340 g/mol. The highest BCUT2D eigenvalue weighted by molar-refractivity contribution is 7.47. The number of hydrogen-bond acceptors (Lipinski definition) is 15. The number of ether oxygens (including phenoxy) is 4. The highest BCUT2D eigenvalue weighted by Gasteiger charge is 2.30. The molecule has 0 aliphatic carbocycles. The average molecular weight is 1340 g/mol. The molecule has 0 aromatic rings. The molecule has 0 aliphatic heterocycles. The molecule has 0 aromatic carbocycles. The molecule has 3 N–H and O–H groups in total. The van der Waals surface area contributed by atoms with Crippen LogP contribution in [0.15, 0.2) is 0 Å². The van der Waals surface area contributed by atoms with Crippen molar-refractivity contribution in [2.45, 2.75) is 375 Å². The second-order valence-corrected chi connectivity index (χ2v) is 30.1. The van der Waals surface area contributed by atoms with Crippen molar-refractivity contribution in [3.05, 3.63) is 0 Å². The lowest BCUT2D eigenvalue weighted by Gasteiger charge is -2.21. The van der Waals surface area contributed by atoms with Gasteiger partial charge in [0, 0.05) is 25.7 Å². The Labute approximate surface area is 556 Å². The summed E-state index contributed by atoms with van der Waals surface area (Å²) in [5.41, 5.74) is 0. The van der Waals surface area contributed by atoms with Crippen LogP contribution in [0.4, 0.5) is 0 Å². The lowest BCUT2D eigenvalue weighted by atomic mass is 9.99. The molecule has 0 saturated heterocycles. The number of phosphoric acid groups is 2. The highest BCUT2D eigenvalue weighted by atomic mass is 31.2. The van der Waals surface area contributed by atoms with Gasteiger partial charge in [-0.15, -0.1) is 0 Å². The van der Waals surface area contributed by atoms with E-state index in [0.717, 1.165) is 120 Å². The fraction of sp³-hybridized carbons (Fsp3) is 0.944. The van der Waals surface area contributed by atoms with E-state index < -0.39 is 97.5 Å². The van der Waals surface area contributed by atoms with Gasteiger partial charge in [-0.05, 0) is 49.4 Å². The molecule has 0 fully saturated rings. The summed E-state index contributed by atoms with van der Waals surface area (Å²) in [7, 11) is -9.91. The molecule has 0 heterocycles. The molecular formula is C72H140O17P2. The lowest BCUT2D eigenvalue weighted by Crippen LogP contribution is -2.30. The number of rotatable bonds is 69. The van der Waals surface area contributed by atoms with Crippen LogP contribution in [-0.4, -0.2) is 96.7 Å². The molecule has 0 rings (SSSR count). The van der Waals surface area contributed by atoms with Crippen molar-refractivity contribution in [3.8, 4) is 0 Å². The summed E-state index contributed by atoms with van der Waals surface area (Å²) < 4.78 is 68.3. The molecule has 8 atom stereocenters. The number of aliphatic hydroxyl groups is 1. The summed E-state index contributed by atoms with van der Waals surface area (Å²) in [6.45, 7) is 14.1. The number of hydrogen-bond donors (Lipinski definition) is 3. The molecule has 19 heteroatoms. The predicted octanol–water partition coefficient (Wildman–Crippen LogP) is 20.5. The largest absolute Gasteiger partial charge is 0.472 e. The maximum absolute atomic E-state index is 13.0. The molecule has 0 saturated carbocycles. The molecule has 0 aromatic heterocycles. The zero-order valence-electron chi connectivity index (χ0n) is 59.5. The van der Waals surface area contributed by atoms with Crippen molar-refractivity contribution in [2.75, 3.05) is 39.6 Å². The minimum absolute atomic E-state index is 0.105. The first-order valence-corrected chi connectivity index (χ1v) is 40.3. The molecular weight excluding hydrogens is 1200 g/mol. The second kappa shape index (κ2) is 61.6. The first-order valence-electron chi connectivity index (χ1n) is 37.3.